The van der Waals surface area contributed by atoms with E-state index < -0.39 is 8.32 Å². The fourth-order valence-corrected chi connectivity index (χ4v) is 4.36. The molecule has 0 radical (unpaired) electrons. The first kappa shape index (κ1) is 21.1. The molecule has 0 unspecified atom stereocenters. The van der Waals surface area contributed by atoms with Gasteiger partial charge in [0.2, 0.25) is 0 Å². The molecule has 0 aromatic heterocycles. The molecule has 1 saturated carbocycles. The minimum Gasteiger partial charge on any atom is -0.414 e. The Labute approximate surface area is 155 Å². The average Bonchev–Trinajstić information content (AvgIpc) is 3.14. The van der Waals surface area contributed by atoms with Crippen LogP contribution in [0.5, 0.6) is 0 Å². The molecule has 0 N–H and O–H groups in total. The highest BCUT2D eigenvalue weighted by Gasteiger charge is 2.37. The van der Waals surface area contributed by atoms with Crippen molar-refractivity contribution in [3.8, 4) is 0 Å². The van der Waals surface area contributed by atoms with Gasteiger partial charge in [-0.05, 0) is 48.7 Å². The highest BCUT2D eigenvalue weighted by Crippen LogP contribution is 2.43. The lowest BCUT2D eigenvalue weighted by Gasteiger charge is -2.36. The van der Waals surface area contributed by atoms with Crippen molar-refractivity contribution in [3.05, 3.63) is 12.2 Å². The van der Waals surface area contributed by atoms with Crippen molar-refractivity contribution in [2.24, 2.45) is 17.8 Å². The molecule has 0 aliphatic heterocycles. The second kappa shape index (κ2) is 9.65. The van der Waals surface area contributed by atoms with E-state index in [1.54, 1.807) is 0 Å². The number of fused-ring (bicyclic) bond motifs is 2. The van der Waals surface area contributed by atoms with Crippen LogP contribution >= 0.6 is 0 Å². The van der Waals surface area contributed by atoms with Crippen molar-refractivity contribution >= 4 is 8.32 Å². The summed E-state index contributed by atoms with van der Waals surface area (Å²) < 4.78 is 23.0. The zero-order valence-corrected chi connectivity index (χ0v) is 17.9. The van der Waals surface area contributed by atoms with Gasteiger partial charge in [-0.25, -0.2) is 0 Å². The zero-order chi connectivity index (χ0) is 18.3. The topological polar surface area (TPSA) is 36.9 Å². The molecule has 3 atom stereocenters. The van der Waals surface area contributed by atoms with Gasteiger partial charge in [0.25, 0.3) is 0 Å². The van der Waals surface area contributed by atoms with Gasteiger partial charge in [0.15, 0.2) is 8.32 Å². The van der Waals surface area contributed by atoms with Crippen LogP contribution in [-0.4, -0.2) is 54.6 Å². The fraction of sp³-hybridized carbons (Fsp3) is 0.900. The molecular weight excluding hydrogens is 332 g/mol. The monoisotopic (exact) mass is 370 g/mol. The molecule has 5 heteroatoms. The summed E-state index contributed by atoms with van der Waals surface area (Å²) in [4.78, 5) is 0. The number of allylic oxidation sites excluding steroid dienone is 2. The van der Waals surface area contributed by atoms with Crippen molar-refractivity contribution in [2.75, 3.05) is 46.2 Å². The maximum Gasteiger partial charge on any atom is 0.192 e. The van der Waals surface area contributed by atoms with Crippen molar-refractivity contribution in [2.45, 2.75) is 51.7 Å². The van der Waals surface area contributed by atoms with Crippen LogP contribution in [0.1, 0.15) is 33.6 Å². The van der Waals surface area contributed by atoms with E-state index in [0.29, 0.717) is 39.6 Å². The third-order valence-electron chi connectivity index (χ3n) is 5.99. The summed E-state index contributed by atoms with van der Waals surface area (Å²) in [6.07, 6.45) is 7.42. The van der Waals surface area contributed by atoms with Crippen molar-refractivity contribution in [1.29, 1.82) is 0 Å². The van der Waals surface area contributed by atoms with Crippen LogP contribution in [0.15, 0.2) is 12.2 Å². The van der Waals surface area contributed by atoms with E-state index in [4.69, 9.17) is 18.6 Å². The average molecular weight is 371 g/mol. The molecule has 0 heterocycles. The fourth-order valence-electron chi connectivity index (χ4n) is 3.33. The summed E-state index contributed by atoms with van der Waals surface area (Å²) in [5.41, 5.74) is 0. The molecular formula is C20H38O4Si. The largest absolute Gasteiger partial charge is 0.414 e. The lowest BCUT2D eigenvalue weighted by molar-refractivity contribution is 0.000905. The Hall–Kier alpha value is -0.203. The molecule has 2 aliphatic carbocycles. The van der Waals surface area contributed by atoms with Gasteiger partial charge in [0, 0.05) is 0 Å². The summed E-state index contributed by atoms with van der Waals surface area (Å²) in [5, 5.41) is 0.254. The molecule has 0 saturated heterocycles. The molecule has 2 aliphatic rings. The molecule has 0 spiro atoms. The van der Waals surface area contributed by atoms with Crippen molar-refractivity contribution in [3.63, 3.8) is 0 Å². The van der Waals surface area contributed by atoms with Crippen LogP contribution in [0.3, 0.4) is 0 Å². The molecule has 146 valence electrons. The Bertz CT molecular complexity index is 416. The van der Waals surface area contributed by atoms with Gasteiger partial charge in [-0.15, -0.1) is 0 Å². The van der Waals surface area contributed by atoms with Crippen molar-refractivity contribution in [1.82, 2.24) is 0 Å². The van der Waals surface area contributed by atoms with Gasteiger partial charge >= 0.3 is 0 Å². The van der Waals surface area contributed by atoms with Crippen LogP contribution in [-0.2, 0) is 18.6 Å². The molecule has 25 heavy (non-hydrogen) atoms. The van der Waals surface area contributed by atoms with Gasteiger partial charge in [0.05, 0.1) is 46.2 Å². The third kappa shape index (κ3) is 6.79. The first-order valence-corrected chi connectivity index (χ1v) is 12.8. The lowest BCUT2D eigenvalue weighted by atomic mass is 9.95. The van der Waals surface area contributed by atoms with Gasteiger partial charge in [-0.3, -0.25) is 0 Å². The SMILES string of the molecule is CC(C)(C)[Si](C)(C)OCCOCCOCCOC[C@H]1C[C@H]2C=C[C@@H]1C2. The normalized spacial score (nSPS) is 25.9. The van der Waals surface area contributed by atoms with E-state index in [1.807, 2.05) is 0 Å². The Kier molecular flexibility index (Phi) is 8.15. The van der Waals surface area contributed by atoms with E-state index in [1.165, 1.54) is 12.8 Å². The Morgan fingerprint density at radius 1 is 0.840 bits per heavy atom. The maximum absolute atomic E-state index is 6.07. The summed E-state index contributed by atoms with van der Waals surface area (Å²) in [6, 6.07) is 0. The lowest BCUT2D eigenvalue weighted by Crippen LogP contribution is -2.41. The summed E-state index contributed by atoms with van der Waals surface area (Å²) >= 11 is 0. The summed E-state index contributed by atoms with van der Waals surface area (Å²) in [5.74, 6) is 2.33. The van der Waals surface area contributed by atoms with Crippen LogP contribution in [0.25, 0.3) is 0 Å². The maximum atomic E-state index is 6.07. The highest BCUT2D eigenvalue weighted by molar-refractivity contribution is 6.74. The second-order valence-corrected chi connectivity index (χ2v) is 13.8. The van der Waals surface area contributed by atoms with E-state index in [9.17, 15) is 0 Å². The van der Waals surface area contributed by atoms with Crippen molar-refractivity contribution < 1.29 is 18.6 Å². The molecule has 0 amide bonds. The van der Waals surface area contributed by atoms with E-state index in [-0.39, 0.29) is 5.04 Å². The molecule has 0 aromatic rings. The smallest absolute Gasteiger partial charge is 0.192 e. The van der Waals surface area contributed by atoms with Gasteiger partial charge in [-0.1, -0.05) is 32.9 Å². The van der Waals surface area contributed by atoms with Crippen LogP contribution in [0.4, 0.5) is 0 Å². The minimum atomic E-state index is -1.64. The first-order valence-electron chi connectivity index (χ1n) is 9.85. The third-order valence-corrected chi connectivity index (χ3v) is 10.5. The predicted molar refractivity (Wildman–Crippen MR) is 104 cm³/mol. The quantitative estimate of drug-likeness (QED) is 0.292. The standard InChI is InChI=1S/C20H38O4Si/c1-20(2,3)25(4,5)24-13-12-22-9-8-21-10-11-23-16-19-15-17-6-7-18(19)14-17/h6-7,17-19H,8-16H2,1-5H3/t17-,18+,19+/m0/s1. The molecule has 2 rings (SSSR count). The molecule has 0 aromatic carbocycles. The second-order valence-electron chi connectivity index (χ2n) is 8.95. The van der Waals surface area contributed by atoms with Gasteiger partial charge in [-0.2, -0.15) is 0 Å². The number of hydrogen-bond donors (Lipinski definition) is 0. The van der Waals surface area contributed by atoms with Gasteiger partial charge in [0.1, 0.15) is 0 Å². The first-order chi connectivity index (χ1) is 11.8. The van der Waals surface area contributed by atoms with E-state index >= 15 is 0 Å². The number of hydrogen-bond acceptors (Lipinski definition) is 4. The molecule has 4 nitrogen and oxygen atoms in total. The van der Waals surface area contributed by atoms with Crippen LogP contribution in [0, 0.1) is 17.8 Å². The predicted octanol–water partition coefficient (Wildman–Crippen LogP) is 4.27. The number of ether oxygens (including phenoxy) is 3. The van der Waals surface area contributed by atoms with E-state index in [0.717, 1.165) is 24.4 Å². The van der Waals surface area contributed by atoms with E-state index in [2.05, 4.69) is 46.0 Å². The number of rotatable bonds is 12. The highest BCUT2D eigenvalue weighted by atomic mass is 28.4. The molecule has 1 fully saturated rings. The minimum absolute atomic E-state index is 0.254. The van der Waals surface area contributed by atoms with Crippen LogP contribution in [0.2, 0.25) is 18.1 Å². The van der Waals surface area contributed by atoms with Crippen LogP contribution < -0.4 is 0 Å². The van der Waals surface area contributed by atoms with Gasteiger partial charge < -0.3 is 18.6 Å². The Balaban J connectivity index is 1.35. The Morgan fingerprint density at radius 2 is 1.44 bits per heavy atom. The zero-order valence-electron chi connectivity index (χ0n) is 16.9. The molecule has 2 bridgehead atoms. The summed E-state index contributed by atoms with van der Waals surface area (Å²) in [6.45, 7) is 16.1. The summed E-state index contributed by atoms with van der Waals surface area (Å²) in [7, 11) is -1.64. The Morgan fingerprint density at radius 3 is 1.96 bits per heavy atom.